The number of rotatable bonds is 9. The summed E-state index contributed by atoms with van der Waals surface area (Å²) >= 11 is 1.81. The molecule has 14 nitrogen and oxygen atoms in total. The lowest BCUT2D eigenvalue weighted by molar-refractivity contribution is -0.134. The van der Waals surface area contributed by atoms with E-state index < -0.39 is 18.2 Å². The number of amides is 4. The SMILES string of the molecule is C=C(NC(=O)OC)C(=O)N1CCC[C@H]1c1ncc(-c2ccc(-c3sc(-c4cnc([C@@H]5CCCN5C(=O)[C@H](C)NC(=O)OC)[nH]4)c4c3CC3(CCCC3)C4)cc2)[nH]1. The molecule has 4 amide bonds. The molecular formula is C41H48N8O6S. The van der Waals surface area contributed by atoms with Gasteiger partial charge in [0.1, 0.15) is 23.4 Å². The van der Waals surface area contributed by atoms with Gasteiger partial charge in [0.15, 0.2) is 0 Å². The lowest BCUT2D eigenvalue weighted by Gasteiger charge is -2.26. The number of thiophene rings is 1. The Kier molecular flexibility index (Phi) is 10.2. The van der Waals surface area contributed by atoms with Crippen molar-refractivity contribution in [1.29, 1.82) is 0 Å². The predicted molar refractivity (Wildman–Crippen MR) is 210 cm³/mol. The van der Waals surface area contributed by atoms with E-state index in [1.54, 1.807) is 11.8 Å². The number of alkyl carbamates (subject to hydrolysis) is 2. The summed E-state index contributed by atoms with van der Waals surface area (Å²) in [5.41, 5.74) is 7.13. The number of nitrogens with zero attached hydrogens (tertiary/aromatic N) is 4. The molecule has 15 heteroatoms. The highest BCUT2D eigenvalue weighted by atomic mass is 32.1. The Morgan fingerprint density at radius 2 is 1.39 bits per heavy atom. The number of aromatic amines is 2. The largest absolute Gasteiger partial charge is 0.453 e. The van der Waals surface area contributed by atoms with Crippen LogP contribution >= 0.6 is 11.3 Å². The molecule has 4 aromatic rings. The number of fused-ring (bicyclic) bond motifs is 1. The second kappa shape index (κ2) is 15.2. The molecule has 8 rings (SSSR count). The van der Waals surface area contributed by atoms with Gasteiger partial charge < -0.3 is 34.6 Å². The highest BCUT2D eigenvalue weighted by Crippen LogP contribution is 2.56. The van der Waals surface area contributed by atoms with Gasteiger partial charge in [0, 0.05) is 18.0 Å². The number of carbonyl (C=O) groups is 4. The van der Waals surface area contributed by atoms with Gasteiger partial charge in [0.25, 0.3) is 5.91 Å². The van der Waals surface area contributed by atoms with Crippen LogP contribution in [0.1, 0.15) is 93.1 Å². The summed E-state index contributed by atoms with van der Waals surface area (Å²) in [5, 5.41) is 4.99. The summed E-state index contributed by atoms with van der Waals surface area (Å²) in [7, 11) is 2.53. The molecule has 5 heterocycles. The first-order chi connectivity index (χ1) is 27.1. The minimum Gasteiger partial charge on any atom is -0.453 e. The second-order valence-corrected chi connectivity index (χ2v) is 16.5. The number of hydrogen-bond acceptors (Lipinski definition) is 9. The van der Waals surface area contributed by atoms with E-state index in [2.05, 4.69) is 61.2 Å². The molecule has 1 aromatic carbocycles. The van der Waals surface area contributed by atoms with E-state index in [4.69, 9.17) is 9.72 Å². The molecule has 3 aromatic heterocycles. The maximum Gasteiger partial charge on any atom is 0.411 e. The predicted octanol–water partition coefficient (Wildman–Crippen LogP) is 6.80. The number of likely N-dealkylation sites (tertiary alicyclic amines) is 2. The number of imidazole rings is 2. The average Bonchev–Trinajstić information content (AvgIpc) is 4.06. The molecule has 3 fully saturated rings. The van der Waals surface area contributed by atoms with Crippen LogP contribution in [0.2, 0.25) is 0 Å². The molecule has 2 saturated heterocycles. The van der Waals surface area contributed by atoms with Gasteiger partial charge in [-0.1, -0.05) is 43.7 Å². The van der Waals surface area contributed by atoms with Crippen molar-refractivity contribution >= 4 is 35.3 Å². The van der Waals surface area contributed by atoms with Gasteiger partial charge >= 0.3 is 12.2 Å². The first-order valence-electron chi connectivity index (χ1n) is 19.4. The van der Waals surface area contributed by atoms with Gasteiger partial charge in [0.05, 0.1) is 55.0 Å². The molecule has 0 bridgehead atoms. The van der Waals surface area contributed by atoms with E-state index >= 15 is 0 Å². The number of benzene rings is 1. The van der Waals surface area contributed by atoms with Crippen LogP contribution in [0, 0.1) is 5.41 Å². The van der Waals surface area contributed by atoms with E-state index in [9.17, 15) is 19.2 Å². The van der Waals surface area contributed by atoms with Crippen molar-refractivity contribution in [2.24, 2.45) is 5.41 Å². The molecule has 4 aliphatic rings. The molecular weight excluding hydrogens is 733 g/mol. The molecule has 0 radical (unpaired) electrons. The number of hydrogen-bond donors (Lipinski definition) is 4. The number of carbonyl (C=O) groups excluding carboxylic acids is 4. The van der Waals surface area contributed by atoms with Crippen molar-refractivity contribution in [1.82, 2.24) is 40.4 Å². The Hall–Kier alpha value is -5.44. The summed E-state index contributed by atoms with van der Waals surface area (Å²) in [6.45, 7) is 6.56. The summed E-state index contributed by atoms with van der Waals surface area (Å²) in [5.74, 6) is 0.952. The summed E-state index contributed by atoms with van der Waals surface area (Å²) in [6, 6.07) is 7.45. The highest BCUT2D eigenvalue weighted by Gasteiger charge is 2.43. The standard InChI is InChI=1S/C41H48N8O6S/c1-23(44-39(52)54-3)37(50)48-17-7-9-31(48)35-42-21-29(46-35)25-11-13-26(14-12-25)33-27-19-41(15-5-6-16-41)20-28(27)34(56-33)30-22-43-36(47-30)32-10-8-18-49(32)38(51)24(2)45-40(53)55-4/h11-14,21-22,24,31-32H,1,5-10,15-20H2,2-4H3,(H,42,46)(H,43,47)(H,44,52)(H,45,53)/t24-,31-,32-/m0/s1. The number of methoxy groups -OCH3 is 2. The fraction of sp³-hybridized carbons (Fsp3) is 0.463. The lowest BCUT2D eigenvalue weighted by atomic mass is 9.83. The second-order valence-electron chi connectivity index (χ2n) is 15.5. The van der Waals surface area contributed by atoms with Crippen LogP contribution in [0.5, 0.6) is 0 Å². The van der Waals surface area contributed by atoms with Crippen molar-refractivity contribution in [2.75, 3.05) is 27.3 Å². The molecule has 2 aliphatic carbocycles. The molecule has 2 aliphatic heterocycles. The molecule has 1 spiro atoms. The van der Waals surface area contributed by atoms with Gasteiger partial charge in [-0.05, 0) is 86.0 Å². The first kappa shape index (κ1) is 37.5. The molecule has 3 atom stereocenters. The summed E-state index contributed by atoms with van der Waals surface area (Å²) < 4.78 is 9.32. The van der Waals surface area contributed by atoms with Crippen molar-refractivity contribution in [2.45, 2.75) is 89.3 Å². The number of ether oxygens (including phenoxy) is 2. The zero-order valence-corrected chi connectivity index (χ0v) is 32.9. The van der Waals surface area contributed by atoms with E-state index in [1.165, 1.54) is 66.3 Å². The minimum absolute atomic E-state index is 0.0328. The van der Waals surface area contributed by atoms with Crippen molar-refractivity contribution in [3.8, 4) is 32.3 Å². The lowest BCUT2D eigenvalue weighted by Crippen LogP contribution is -2.46. The fourth-order valence-electron chi connectivity index (χ4n) is 9.25. The molecule has 1 saturated carbocycles. The van der Waals surface area contributed by atoms with Gasteiger partial charge in [-0.15, -0.1) is 11.3 Å². The third kappa shape index (κ3) is 6.97. The van der Waals surface area contributed by atoms with Crippen molar-refractivity contribution in [3.05, 3.63) is 71.7 Å². The Morgan fingerprint density at radius 3 is 2.05 bits per heavy atom. The van der Waals surface area contributed by atoms with Crippen LogP contribution in [0.15, 0.2) is 48.9 Å². The zero-order chi connectivity index (χ0) is 39.1. The smallest absolute Gasteiger partial charge is 0.411 e. The number of H-pyrrole nitrogens is 2. The third-order valence-corrected chi connectivity index (χ3v) is 13.4. The van der Waals surface area contributed by atoms with Gasteiger partial charge in [-0.3, -0.25) is 14.9 Å². The molecule has 294 valence electrons. The van der Waals surface area contributed by atoms with Gasteiger partial charge in [-0.25, -0.2) is 19.6 Å². The average molecular weight is 781 g/mol. The van der Waals surface area contributed by atoms with Gasteiger partial charge in [-0.2, -0.15) is 0 Å². The van der Waals surface area contributed by atoms with E-state index in [0.29, 0.717) is 24.3 Å². The topological polar surface area (TPSA) is 175 Å². The Labute approximate surface area is 329 Å². The van der Waals surface area contributed by atoms with Crippen LogP contribution in [0.3, 0.4) is 0 Å². The van der Waals surface area contributed by atoms with Crippen LogP contribution in [0.25, 0.3) is 32.3 Å². The third-order valence-electron chi connectivity index (χ3n) is 12.0. The zero-order valence-electron chi connectivity index (χ0n) is 32.0. The van der Waals surface area contributed by atoms with Crippen LogP contribution < -0.4 is 10.6 Å². The fourth-order valence-corrected chi connectivity index (χ4v) is 10.6. The summed E-state index contributed by atoms with van der Waals surface area (Å²) in [4.78, 5) is 72.6. The highest BCUT2D eigenvalue weighted by molar-refractivity contribution is 7.19. The van der Waals surface area contributed by atoms with Gasteiger partial charge in [0.2, 0.25) is 5.91 Å². The normalized spacial score (nSPS) is 20.3. The maximum absolute atomic E-state index is 13.4. The quantitative estimate of drug-likeness (QED) is 0.134. The van der Waals surface area contributed by atoms with E-state index in [1.807, 2.05) is 28.6 Å². The number of aromatic nitrogens is 4. The Morgan fingerprint density at radius 1 is 0.821 bits per heavy atom. The van der Waals surface area contributed by atoms with Crippen molar-refractivity contribution in [3.63, 3.8) is 0 Å². The molecule has 56 heavy (non-hydrogen) atoms. The monoisotopic (exact) mass is 780 g/mol. The van der Waals surface area contributed by atoms with E-state index in [0.717, 1.165) is 61.3 Å². The molecule has 0 unspecified atom stereocenters. The first-order valence-corrected chi connectivity index (χ1v) is 20.2. The van der Waals surface area contributed by atoms with E-state index in [-0.39, 0.29) is 29.6 Å². The molecule has 4 N–H and O–H groups in total. The Balaban J connectivity index is 1.03. The minimum atomic E-state index is -0.733. The van der Waals surface area contributed by atoms with Crippen LogP contribution in [-0.4, -0.2) is 87.1 Å². The van der Waals surface area contributed by atoms with Crippen LogP contribution in [-0.2, 0) is 31.9 Å². The Bertz CT molecular complexity index is 2160. The van der Waals surface area contributed by atoms with Crippen molar-refractivity contribution < 1.29 is 28.7 Å². The maximum atomic E-state index is 13.4. The van der Waals surface area contributed by atoms with Crippen LogP contribution in [0.4, 0.5) is 9.59 Å². The summed E-state index contributed by atoms with van der Waals surface area (Å²) in [6.07, 6.45) is 12.8. The number of nitrogens with one attached hydrogen (secondary N) is 4.